The van der Waals surface area contributed by atoms with Gasteiger partial charge in [0, 0.05) is 25.5 Å². The average molecular weight is 419 g/mol. The molecule has 10 heteroatoms. The van der Waals surface area contributed by atoms with Gasteiger partial charge >= 0.3 is 0 Å². The van der Waals surface area contributed by atoms with Gasteiger partial charge in [0.2, 0.25) is 5.91 Å². The van der Waals surface area contributed by atoms with E-state index in [4.69, 9.17) is 12.2 Å². The van der Waals surface area contributed by atoms with Crippen LogP contribution in [0.25, 0.3) is 11.0 Å². The lowest BCUT2D eigenvalue weighted by Crippen LogP contribution is -2.20. The second-order valence-corrected chi connectivity index (χ2v) is 8.37. The molecule has 0 radical (unpaired) electrons. The van der Waals surface area contributed by atoms with E-state index in [1.165, 1.54) is 18.1 Å². The monoisotopic (exact) mass is 418 g/mol. The predicted octanol–water partition coefficient (Wildman–Crippen LogP) is 3.16. The third-order valence-corrected chi connectivity index (χ3v) is 6.30. The van der Waals surface area contributed by atoms with Crippen LogP contribution in [0.4, 0.5) is 5.69 Å². The molecule has 0 spiro atoms. The first kappa shape index (κ1) is 19.6. The summed E-state index contributed by atoms with van der Waals surface area (Å²) < 4.78 is 0.686. The molecule has 0 aliphatic carbocycles. The summed E-state index contributed by atoms with van der Waals surface area (Å²) in [5.74, 6) is 0.931. The highest BCUT2D eigenvalue weighted by molar-refractivity contribution is 8.23. The first-order valence-electron chi connectivity index (χ1n) is 8.02. The number of rotatable bonds is 6. The topological polar surface area (TPSA) is 86.8 Å². The summed E-state index contributed by atoms with van der Waals surface area (Å²) in [4.78, 5) is 22.4. The third-order valence-electron chi connectivity index (χ3n) is 3.49. The number of fused-ring (bicyclic) bond motifs is 1. The molecule has 0 saturated heterocycles. The highest BCUT2D eigenvalue weighted by Crippen LogP contribution is 2.27. The number of H-pyrrole nitrogens is 1. The number of aromatic nitrogens is 4. The fraction of sp³-hybridized carbons (Fsp3) is 0.235. The number of thiocarbonyl (C=S) groups is 1. The molecule has 27 heavy (non-hydrogen) atoms. The minimum absolute atomic E-state index is 0.0788. The van der Waals surface area contributed by atoms with Crippen molar-refractivity contribution in [2.24, 2.45) is 0 Å². The molecule has 3 aromatic rings. The minimum atomic E-state index is -0.0788. The van der Waals surface area contributed by atoms with Gasteiger partial charge in [0.1, 0.15) is 15.7 Å². The van der Waals surface area contributed by atoms with Gasteiger partial charge in [-0.2, -0.15) is 5.10 Å². The Balaban J connectivity index is 1.58. The van der Waals surface area contributed by atoms with E-state index >= 15 is 0 Å². The standard InChI is InChI=1S/C17H18N6OS3/c1-23(2)17(25)27-9-14(24)21-12-5-3-4-11(6-12)8-26-16-13-7-20-22-15(13)18-10-19-16/h3-7,10H,8-9H2,1-2H3,(H,21,24)(H,18,19,20,22). The molecule has 0 aliphatic heterocycles. The smallest absolute Gasteiger partial charge is 0.234 e. The Morgan fingerprint density at radius 3 is 3.00 bits per heavy atom. The van der Waals surface area contributed by atoms with E-state index in [1.807, 2.05) is 43.3 Å². The van der Waals surface area contributed by atoms with E-state index in [9.17, 15) is 4.79 Å². The van der Waals surface area contributed by atoms with E-state index < -0.39 is 0 Å². The highest BCUT2D eigenvalue weighted by atomic mass is 32.2. The summed E-state index contributed by atoms with van der Waals surface area (Å²) in [6.45, 7) is 0. The lowest BCUT2D eigenvalue weighted by molar-refractivity contribution is -0.113. The van der Waals surface area contributed by atoms with Crippen LogP contribution in [0.2, 0.25) is 0 Å². The molecule has 0 aliphatic rings. The summed E-state index contributed by atoms with van der Waals surface area (Å²) in [7, 11) is 3.73. The number of benzene rings is 1. The van der Waals surface area contributed by atoms with Crippen LogP contribution in [0, 0.1) is 0 Å². The fourth-order valence-electron chi connectivity index (χ4n) is 2.20. The first-order chi connectivity index (χ1) is 13.0. The number of nitrogens with zero attached hydrogens (tertiary/aromatic N) is 4. The molecule has 2 N–H and O–H groups in total. The zero-order chi connectivity index (χ0) is 19.2. The molecule has 1 aromatic carbocycles. The molecular formula is C17H18N6OS3. The molecule has 3 rings (SSSR count). The molecule has 0 unspecified atom stereocenters. The second-order valence-electron chi connectivity index (χ2n) is 5.80. The number of hydrogen-bond acceptors (Lipinski definition) is 7. The van der Waals surface area contributed by atoms with Crippen LogP contribution in [0.1, 0.15) is 5.56 Å². The number of aromatic amines is 1. The van der Waals surface area contributed by atoms with Gasteiger partial charge in [-0.25, -0.2) is 9.97 Å². The molecule has 2 heterocycles. The maximum absolute atomic E-state index is 12.1. The van der Waals surface area contributed by atoms with Crippen LogP contribution in [0.15, 0.2) is 41.8 Å². The summed E-state index contributed by atoms with van der Waals surface area (Å²) in [6.07, 6.45) is 3.25. The van der Waals surface area contributed by atoms with Crippen LogP contribution in [-0.4, -0.2) is 55.1 Å². The summed E-state index contributed by atoms with van der Waals surface area (Å²) in [5.41, 5.74) is 2.58. The van der Waals surface area contributed by atoms with E-state index in [2.05, 4.69) is 25.5 Å². The van der Waals surface area contributed by atoms with Crippen molar-refractivity contribution in [1.29, 1.82) is 0 Å². The van der Waals surface area contributed by atoms with Gasteiger partial charge in [-0.3, -0.25) is 9.89 Å². The van der Waals surface area contributed by atoms with Gasteiger partial charge in [-0.1, -0.05) is 36.1 Å². The molecular weight excluding hydrogens is 400 g/mol. The van der Waals surface area contributed by atoms with Gasteiger partial charge in [-0.15, -0.1) is 11.8 Å². The van der Waals surface area contributed by atoms with Crippen molar-refractivity contribution in [3.8, 4) is 0 Å². The van der Waals surface area contributed by atoms with Gasteiger partial charge in [0.05, 0.1) is 17.3 Å². The Labute approximate surface area is 170 Å². The lowest BCUT2D eigenvalue weighted by Gasteiger charge is -2.12. The van der Waals surface area contributed by atoms with Crippen molar-refractivity contribution in [3.05, 3.63) is 42.4 Å². The third kappa shape index (κ3) is 5.41. The minimum Gasteiger partial charge on any atom is -0.364 e. The van der Waals surface area contributed by atoms with Crippen molar-refractivity contribution >= 4 is 62.7 Å². The van der Waals surface area contributed by atoms with Crippen LogP contribution < -0.4 is 5.32 Å². The molecule has 2 aromatic heterocycles. The van der Waals surface area contributed by atoms with Gasteiger partial charge in [0.25, 0.3) is 0 Å². The van der Waals surface area contributed by atoms with Crippen molar-refractivity contribution in [3.63, 3.8) is 0 Å². The largest absolute Gasteiger partial charge is 0.364 e. The van der Waals surface area contributed by atoms with E-state index in [-0.39, 0.29) is 11.7 Å². The Kier molecular flexibility index (Phi) is 6.64. The Morgan fingerprint density at radius 1 is 1.33 bits per heavy atom. The molecule has 140 valence electrons. The van der Waals surface area contributed by atoms with Crippen LogP contribution in [0.5, 0.6) is 0 Å². The number of anilines is 1. The van der Waals surface area contributed by atoms with Gasteiger partial charge < -0.3 is 10.2 Å². The van der Waals surface area contributed by atoms with Gasteiger partial charge in [-0.05, 0) is 17.7 Å². The van der Waals surface area contributed by atoms with Crippen molar-refractivity contribution in [1.82, 2.24) is 25.1 Å². The maximum Gasteiger partial charge on any atom is 0.234 e. The SMILES string of the molecule is CN(C)C(=S)SCC(=O)Nc1cccc(CSc2ncnc3[nH]ncc23)c1. The first-order valence-corrected chi connectivity index (χ1v) is 10.4. The van der Waals surface area contributed by atoms with E-state index in [1.54, 1.807) is 18.0 Å². The number of thioether (sulfide) groups is 2. The van der Waals surface area contributed by atoms with Gasteiger partial charge in [0.15, 0.2) is 5.65 Å². The Morgan fingerprint density at radius 2 is 2.19 bits per heavy atom. The molecule has 0 bridgehead atoms. The molecule has 0 atom stereocenters. The number of nitrogens with one attached hydrogen (secondary N) is 2. The zero-order valence-electron chi connectivity index (χ0n) is 14.8. The lowest BCUT2D eigenvalue weighted by atomic mass is 10.2. The Hall–Kier alpha value is -2.17. The van der Waals surface area contributed by atoms with Crippen molar-refractivity contribution < 1.29 is 4.79 Å². The molecule has 0 saturated carbocycles. The van der Waals surface area contributed by atoms with Crippen LogP contribution >= 0.6 is 35.7 Å². The van der Waals surface area contributed by atoms with Crippen LogP contribution in [-0.2, 0) is 10.5 Å². The number of carbonyl (C=O) groups is 1. The second kappa shape index (κ2) is 9.16. The average Bonchev–Trinajstić information content (AvgIpc) is 3.14. The normalized spacial score (nSPS) is 10.7. The number of carbonyl (C=O) groups excluding carboxylic acids is 1. The number of amides is 1. The van der Waals surface area contributed by atoms with Crippen molar-refractivity contribution in [2.75, 3.05) is 25.2 Å². The summed E-state index contributed by atoms with van der Waals surface area (Å²) in [6, 6.07) is 7.79. The summed E-state index contributed by atoms with van der Waals surface area (Å²) >= 11 is 8.12. The quantitative estimate of drug-likeness (QED) is 0.359. The summed E-state index contributed by atoms with van der Waals surface area (Å²) in [5, 5.41) is 11.5. The van der Waals surface area contributed by atoms with E-state index in [0.29, 0.717) is 4.32 Å². The maximum atomic E-state index is 12.1. The molecule has 7 nitrogen and oxygen atoms in total. The van der Waals surface area contributed by atoms with Crippen molar-refractivity contribution in [2.45, 2.75) is 10.8 Å². The number of hydrogen-bond donors (Lipinski definition) is 2. The zero-order valence-corrected chi connectivity index (χ0v) is 17.2. The molecule has 1 amide bonds. The Bertz CT molecular complexity index is 959. The predicted molar refractivity (Wildman–Crippen MR) is 115 cm³/mol. The van der Waals surface area contributed by atoms with E-state index in [0.717, 1.165) is 33.1 Å². The van der Waals surface area contributed by atoms with Crippen LogP contribution in [0.3, 0.4) is 0 Å². The molecule has 0 fully saturated rings. The fourth-order valence-corrected chi connectivity index (χ4v) is 3.87. The highest BCUT2D eigenvalue weighted by Gasteiger charge is 2.09.